The fraction of sp³-hybridized carbons (Fsp3) is 0.438. The zero-order valence-electron chi connectivity index (χ0n) is 13.5. The molecular weight excluding hydrogens is 328 g/mol. The molecule has 0 saturated carbocycles. The summed E-state index contributed by atoms with van der Waals surface area (Å²) in [6, 6.07) is 2.03. The number of carbonyl (C=O) groups is 2. The number of piperidine rings is 1. The van der Waals surface area contributed by atoms with Crippen LogP contribution < -0.4 is 21.1 Å². The van der Waals surface area contributed by atoms with Crippen molar-refractivity contribution in [3.8, 4) is 5.06 Å². The number of primary amides is 1. The van der Waals surface area contributed by atoms with Gasteiger partial charge in [-0.05, 0) is 18.1 Å². The number of thiophene rings is 1. The molecule has 3 heterocycles. The van der Waals surface area contributed by atoms with Crippen molar-refractivity contribution in [3.63, 3.8) is 0 Å². The first-order chi connectivity index (χ1) is 11.5. The molecule has 0 atom stereocenters. The lowest BCUT2D eigenvalue weighted by molar-refractivity contribution is -0.119. The number of carbonyl (C=O) groups excluding carboxylic acids is 2. The first-order valence-corrected chi connectivity index (χ1v) is 8.77. The number of fused-ring (bicyclic) bond motifs is 1. The summed E-state index contributed by atoms with van der Waals surface area (Å²) in [5.41, 5.74) is 12.7. The lowest BCUT2D eigenvalue weighted by Crippen LogP contribution is -2.34. The Bertz CT molecular complexity index is 792. The fourth-order valence-corrected chi connectivity index (χ4v) is 3.94. The molecule has 0 aliphatic carbocycles. The van der Waals surface area contributed by atoms with Crippen LogP contribution in [0.2, 0.25) is 0 Å². The van der Waals surface area contributed by atoms with Crippen molar-refractivity contribution < 1.29 is 14.3 Å². The monoisotopic (exact) mass is 348 g/mol. The van der Waals surface area contributed by atoms with Gasteiger partial charge in [0.2, 0.25) is 5.06 Å². The maximum absolute atomic E-state index is 11.5. The SMILES string of the molecule is CCCc1cc(N2CCC(=O)CC2)nc2sc(OC(N)=O)c(N)c12. The molecule has 24 heavy (non-hydrogen) atoms. The number of ether oxygens (including phenoxy) is 1. The van der Waals surface area contributed by atoms with Gasteiger partial charge in [-0.3, -0.25) is 4.79 Å². The summed E-state index contributed by atoms with van der Waals surface area (Å²) in [6.07, 6.45) is 2.00. The molecule has 0 spiro atoms. The van der Waals surface area contributed by atoms with E-state index in [1.54, 1.807) is 0 Å². The normalized spacial score (nSPS) is 15.0. The zero-order valence-corrected chi connectivity index (χ0v) is 14.3. The molecule has 2 aromatic rings. The standard InChI is InChI=1S/C16H20N4O3S/c1-2-3-9-8-11(20-6-4-10(21)5-7-20)19-14-12(9)13(17)15(24-14)23-16(18)22/h8H,2-7,17H2,1H3,(H2,18,22). The van der Waals surface area contributed by atoms with Gasteiger partial charge < -0.3 is 21.1 Å². The number of aryl methyl sites for hydroxylation is 1. The Morgan fingerprint density at radius 3 is 2.75 bits per heavy atom. The molecule has 2 aromatic heterocycles. The van der Waals surface area contributed by atoms with Crippen LogP contribution in [0.4, 0.5) is 16.3 Å². The quantitative estimate of drug-likeness (QED) is 0.878. The van der Waals surface area contributed by atoms with Gasteiger partial charge in [-0.2, -0.15) is 0 Å². The van der Waals surface area contributed by atoms with Crippen LogP contribution >= 0.6 is 11.3 Å². The maximum atomic E-state index is 11.5. The molecule has 1 amide bonds. The van der Waals surface area contributed by atoms with E-state index in [0.717, 1.165) is 34.4 Å². The fourth-order valence-electron chi connectivity index (χ4n) is 2.95. The highest BCUT2D eigenvalue weighted by atomic mass is 32.1. The minimum Gasteiger partial charge on any atom is -0.397 e. The summed E-state index contributed by atoms with van der Waals surface area (Å²) in [5.74, 6) is 1.13. The summed E-state index contributed by atoms with van der Waals surface area (Å²) in [6.45, 7) is 3.44. The molecule has 1 saturated heterocycles. The van der Waals surface area contributed by atoms with Gasteiger partial charge >= 0.3 is 6.09 Å². The lowest BCUT2D eigenvalue weighted by atomic mass is 10.1. The minimum absolute atomic E-state index is 0.285. The third-order valence-corrected chi connectivity index (χ3v) is 5.07. The predicted octanol–water partition coefficient (Wildman–Crippen LogP) is 2.46. The average molecular weight is 348 g/mol. The van der Waals surface area contributed by atoms with Crippen molar-refractivity contribution in [1.29, 1.82) is 0 Å². The van der Waals surface area contributed by atoms with E-state index < -0.39 is 6.09 Å². The molecule has 1 aliphatic heterocycles. The Kier molecular flexibility index (Phi) is 4.57. The van der Waals surface area contributed by atoms with Gasteiger partial charge in [-0.15, -0.1) is 0 Å². The number of ketones is 1. The number of nitrogens with two attached hydrogens (primary N) is 2. The maximum Gasteiger partial charge on any atom is 0.410 e. The number of Topliss-reactive ketones (excluding diaryl/α,β-unsaturated/α-hetero) is 1. The van der Waals surface area contributed by atoms with E-state index in [1.165, 1.54) is 11.3 Å². The van der Waals surface area contributed by atoms with Gasteiger partial charge in [0.25, 0.3) is 0 Å². The van der Waals surface area contributed by atoms with Crippen LogP contribution in [-0.2, 0) is 11.2 Å². The molecule has 3 rings (SSSR count). The smallest absolute Gasteiger partial charge is 0.397 e. The number of amides is 1. The Hall–Kier alpha value is -2.35. The topological polar surface area (TPSA) is 112 Å². The van der Waals surface area contributed by atoms with Crippen LogP contribution in [-0.4, -0.2) is 29.9 Å². The van der Waals surface area contributed by atoms with Crippen molar-refractivity contribution >= 4 is 44.9 Å². The Morgan fingerprint density at radius 1 is 1.42 bits per heavy atom. The average Bonchev–Trinajstić information content (AvgIpc) is 2.84. The number of hydrogen-bond acceptors (Lipinski definition) is 7. The van der Waals surface area contributed by atoms with Gasteiger partial charge in [-0.1, -0.05) is 24.7 Å². The van der Waals surface area contributed by atoms with Gasteiger partial charge in [-0.25, -0.2) is 9.78 Å². The molecule has 0 unspecified atom stereocenters. The van der Waals surface area contributed by atoms with E-state index in [-0.39, 0.29) is 5.06 Å². The highest BCUT2D eigenvalue weighted by Gasteiger charge is 2.22. The number of nitrogens with zero attached hydrogens (tertiary/aromatic N) is 2. The lowest BCUT2D eigenvalue weighted by Gasteiger charge is -2.27. The first-order valence-electron chi connectivity index (χ1n) is 7.95. The van der Waals surface area contributed by atoms with Crippen molar-refractivity contribution in [2.75, 3.05) is 23.7 Å². The van der Waals surface area contributed by atoms with Gasteiger partial charge in [0.1, 0.15) is 16.4 Å². The predicted molar refractivity (Wildman–Crippen MR) is 94.7 cm³/mol. The third-order valence-electron chi connectivity index (χ3n) is 4.09. The number of rotatable bonds is 4. The highest BCUT2D eigenvalue weighted by Crippen LogP contribution is 2.42. The summed E-state index contributed by atoms with van der Waals surface area (Å²) >= 11 is 1.22. The highest BCUT2D eigenvalue weighted by molar-refractivity contribution is 7.21. The van der Waals surface area contributed by atoms with Crippen molar-refractivity contribution in [2.24, 2.45) is 5.73 Å². The number of pyridine rings is 1. The Morgan fingerprint density at radius 2 is 2.12 bits per heavy atom. The van der Waals surface area contributed by atoms with Gasteiger partial charge in [0.15, 0.2) is 0 Å². The van der Waals surface area contributed by atoms with Crippen LogP contribution in [0.5, 0.6) is 5.06 Å². The second-order valence-corrected chi connectivity index (χ2v) is 6.78. The molecule has 1 aliphatic rings. The summed E-state index contributed by atoms with van der Waals surface area (Å²) in [4.78, 5) is 30.0. The zero-order chi connectivity index (χ0) is 17.3. The Labute approximate surface area is 143 Å². The summed E-state index contributed by atoms with van der Waals surface area (Å²) in [7, 11) is 0. The molecule has 8 heteroatoms. The van der Waals surface area contributed by atoms with Crippen LogP contribution in [0.1, 0.15) is 31.7 Å². The number of nitrogen functional groups attached to an aromatic ring is 1. The molecule has 7 nitrogen and oxygen atoms in total. The van der Waals surface area contributed by atoms with Crippen LogP contribution in [0.25, 0.3) is 10.2 Å². The van der Waals surface area contributed by atoms with E-state index in [0.29, 0.717) is 37.4 Å². The van der Waals surface area contributed by atoms with Gasteiger partial charge in [0, 0.05) is 31.3 Å². The van der Waals surface area contributed by atoms with Crippen molar-refractivity contribution in [3.05, 3.63) is 11.6 Å². The number of aromatic nitrogens is 1. The van der Waals surface area contributed by atoms with E-state index in [9.17, 15) is 9.59 Å². The molecule has 4 N–H and O–H groups in total. The summed E-state index contributed by atoms with van der Waals surface area (Å²) in [5, 5.41) is 1.11. The molecule has 128 valence electrons. The number of hydrogen-bond donors (Lipinski definition) is 2. The first kappa shape index (κ1) is 16.5. The Balaban J connectivity index is 2.06. The second-order valence-electron chi connectivity index (χ2n) is 5.82. The molecular formula is C16H20N4O3S. The van der Waals surface area contributed by atoms with Crippen LogP contribution in [0.3, 0.4) is 0 Å². The number of anilines is 2. The van der Waals surface area contributed by atoms with E-state index >= 15 is 0 Å². The minimum atomic E-state index is -0.889. The van der Waals surface area contributed by atoms with E-state index in [1.807, 2.05) is 6.07 Å². The van der Waals surface area contributed by atoms with Crippen molar-refractivity contribution in [2.45, 2.75) is 32.6 Å². The second kappa shape index (κ2) is 6.64. The molecule has 0 aromatic carbocycles. The van der Waals surface area contributed by atoms with Gasteiger partial charge in [0.05, 0.1) is 5.69 Å². The third kappa shape index (κ3) is 3.14. The van der Waals surface area contributed by atoms with Crippen molar-refractivity contribution in [1.82, 2.24) is 4.98 Å². The van der Waals surface area contributed by atoms with E-state index in [2.05, 4.69) is 16.8 Å². The molecule has 0 radical (unpaired) electrons. The molecule has 0 bridgehead atoms. The molecule has 1 fully saturated rings. The summed E-state index contributed by atoms with van der Waals surface area (Å²) < 4.78 is 5.00. The van der Waals surface area contributed by atoms with Crippen LogP contribution in [0, 0.1) is 0 Å². The van der Waals surface area contributed by atoms with E-state index in [4.69, 9.17) is 16.2 Å². The van der Waals surface area contributed by atoms with Crippen LogP contribution in [0.15, 0.2) is 6.07 Å². The largest absolute Gasteiger partial charge is 0.410 e.